The van der Waals surface area contributed by atoms with Crippen molar-refractivity contribution >= 4 is 17.6 Å². The molecule has 1 unspecified atom stereocenters. The van der Waals surface area contributed by atoms with Crippen molar-refractivity contribution in [3.8, 4) is 0 Å². The quantitative estimate of drug-likeness (QED) is 0.786. The number of aryl methyl sites for hydroxylation is 2. The van der Waals surface area contributed by atoms with Gasteiger partial charge in [0.2, 0.25) is 0 Å². The van der Waals surface area contributed by atoms with Gasteiger partial charge in [-0.15, -0.1) is 0 Å². The first-order valence-electron chi connectivity index (χ1n) is 9.78. The molecular weight excluding hydrogens is 368 g/mol. The van der Waals surface area contributed by atoms with E-state index < -0.39 is 5.54 Å². The Kier molecular flexibility index (Phi) is 6.49. The Balaban J connectivity index is 1.70. The molecule has 154 valence electrons. The fraction of sp³-hybridized carbons (Fsp3) is 0.409. The van der Waals surface area contributed by atoms with Crippen LogP contribution < -0.4 is 10.6 Å². The van der Waals surface area contributed by atoms with E-state index in [1.54, 1.807) is 18.1 Å². The van der Waals surface area contributed by atoms with Gasteiger partial charge >= 0.3 is 6.03 Å². The minimum atomic E-state index is -0.538. The topological polar surface area (TPSA) is 83.6 Å². The normalized spacial score (nSPS) is 18.5. The summed E-state index contributed by atoms with van der Waals surface area (Å²) in [5.74, 6) is -0.117. The summed E-state index contributed by atoms with van der Waals surface area (Å²) in [5, 5.41) is 5.99. The smallest absolute Gasteiger partial charge is 0.319 e. The number of ether oxygens (including phenoxy) is 1. The van der Waals surface area contributed by atoms with Crippen LogP contribution in [-0.2, 0) is 4.74 Å². The fourth-order valence-electron chi connectivity index (χ4n) is 3.66. The second-order valence-electron chi connectivity index (χ2n) is 7.61. The van der Waals surface area contributed by atoms with Gasteiger partial charge in [0.15, 0.2) is 0 Å². The van der Waals surface area contributed by atoms with Gasteiger partial charge in [-0.1, -0.05) is 18.2 Å². The highest BCUT2D eigenvalue weighted by Gasteiger charge is 2.41. The highest BCUT2D eigenvalue weighted by atomic mass is 16.5. The van der Waals surface area contributed by atoms with Crippen molar-refractivity contribution < 1.29 is 14.3 Å². The molecule has 3 rings (SSSR count). The summed E-state index contributed by atoms with van der Waals surface area (Å²) in [7, 11) is 1.63. The first-order chi connectivity index (χ1) is 13.9. The molecule has 0 spiro atoms. The van der Waals surface area contributed by atoms with Gasteiger partial charge in [-0.05, 0) is 56.5 Å². The van der Waals surface area contributed by atoms with E-state index >= 15 is 0 Å². The zero-order valence-corrected chi connectivity index (χ0v) is 17.2. The molecule has 0 aliphatic carbocycles. The second kappa shape index (κ2) is 9.05. The molecule has 7 heteroatoms. The van der Waals surface area contributed by atoms with Gasteiger partial charge in [0, 0.05) is 38.2 Å². The van der Waals surface area contributed by atoms with Crippen molar-refractivity contribution in [2.75, 3.05) is 32.1 Å². The van der Waals surface area contributed by atoms with Crippen LogP contribution in [0.15, 0.2) is 42.5 Å². The molecule has 1 fully saturated rings. The van der Waals surface area contributed by atoms with Crippen LogP contribution in [0.5, 0.6) is 0 Å². The van der Waals surface area contributed by atoms with Crippen LogP contribution in [0.2, 0.25) is 0 Å². The number of benzene rings is 1. The lowest BCUT2D eigenvalue weighted by molar-refractivity contribution is 0.0766. The number of aromatic nitrogens is 1. The summed E-state index contributed by atoms with van der Waals surface area (Å²) in [6.07, 6.45) is 1.28. The molecule has 0 saturated carbocycles. The van der Waals surface area contributed by atoms with E-state index in [0.29, 0.717) is 38.2 Å². The lowest BCUT2D eigenvalue weighted by atomic mass is 9.94. The molecule has 0 bridgehead atoms. The molecule has 1 aromatic carbocycles. The molecule has 1 aromatic heterocycles. The van der Waals surface area contributed by atoms with E-state index in [-0.39, 0.29) is 11.9 Å². The Morgan fingerprint density at radius 3 is 2.72 bits per heavy atom. The van der Waals surface area contributed by atoms with Crippen molar-refractivity contribution in [1.29, 1.82) is 0 Å². The summed E-state index contributed by atoms with van der Waals surface area (Å²) >= 11 is 0. The molecule has 1 saturated heterocycles. The summed E-state index contributed by atoms with van der Waals surface area (Å²) in [4.78, 5) is 31.6. The number of carbonyl (C=O) groups is 2. The van der Waals surface area contributed by atoms with Gasteiger partial charge in [0.25, 0.3) is 5.91 Å². The van der Waals surface area contributed by atoms with Gasteiger partial charge in [0.1, 0.15) is 5.69 Å². The average Bonchev–Trinajstić information content (AvgIpc) is 3.09. The van der Waals surface area contributed by atoms with Crippen molar-refractivity contribution in [3.63, 3.8) is 0 Å². The molecule has 2 N–H and O–H groups in total. The van der Waals surface area contributed by atoms with Gasteiger partial charge < -0.3 is 20.3 Å². The number of carbonyl (C=O) groups excluding carboxylic acids is 2. The molecule has 1 aliphatic rings. The second-order valence-corrected chi connectivity index (χ2v) is 7.61. The number of methoxy groups -OCH3 is 1. The minimum absolute atomic E-state index is 0.117. The Hall–Kier alpha value is -2.93. The maximum atomic E-state index is 12.9. The monoisotopic (exact) mass is 396 g/mol. The van der Waals surface area contributed by atoms with Crippen molar-refractivity contribution in [2.24, 2.45) is 0 Å². The number of nitrogens with zero attached hydrogens (tertiary/aromatic N) is 2. The number of likely N-dealkylation sites (tertiary alicyclic amines) is 1. The van der Waals surface area contributed by atoms with Crippen molar-refractivity contribution in [2.45, 2.75) is 32.2 Å². The van der Waals surface area contributed by atoms with E-state index in [4.69, 9.17) is 4.74 Å². The number of amides is 3. The van der Waals surface area contributed by atoms with E-state index in [9.17, 15) is 9.59 Å². The number of anilines is 1. The Morgan fingerprint density at radius 1 is 1.21 bits per heavy atom. The zero-order chi connectivity index (χ0) is 20.9. The number of hydrogen-bond donors (Lipinski definition) is 2. The van der Waals surface area contributed by atoms with Gasteiger partial charge in [0.05, 0.1) is 5.54 Å². The largest absolute Gasteiger partial charge is 0.385 e. The van der Waals surface area contributed by atoms with E-state index in [1.165, 1.54) is 0 Å². The van der Waals surface area contributed by atoms with Gasteiger partial charge in [-0.25, -0.2) is 9.78 Å². The Morgan fingerprint density at radius 2 is 2.00 bits per heavy atom. The molecule has 29 heavy (non-hydrogen) atoms. The Labute approximate surface area is 171 Å². The predicted octanol–water partition coefficient (Wildman–Crippen LogP) is 3.14. The Bertz CT molecular complexity index is 886. The molecule has 2 heterocycles. The third kappa shape index (κ3) is 5.32. The lowest BCUT2D eigenvalue weighted by Crippen LogP contribution is -2.53. The van der Waals surface area contributed by atoms with E-state index in [0.717, 1.165) is 16.9 Å². The molecular formula is C22H28N4O3. The van der Waals surface area contributed by atoms with E-state index in [1.807, 2.05) is 50.2 Å². The third-order valence-electron chi connectivity index (χ3n) is 5.19. The summed E-state index contributed by atoms with van der Waals surface area (Å²) in [5.41, 5.74) is 2.50. The van der Waals surface area contributed by atoms with Crippen LogP contribution in [0.1, 0.15) is 34.6 Å². The predicted molar refractivity (Wildman–Crippen MR) is 112 cm³/mol. The number of pyridine rings is 1. The minimum Gasteiger partial charge on any atom is -0.385 e. The first-order valence-corrected chi connectivity index (χ1v) is 9.78. The average molecular weight is 396 g/mol. The van der Waals surface area contributed by atoms with Gasteiger partial charge in [-0.3, -0.25) is 4.79 Å². The van der Waals surface area contributed by atoms with Crippen LogP contribution in [0.25, 0.3) is 0 Å². The summed E-state index contributed by atoms with van der Waals surface area (Å²) in [6, 6.07) is 12.8. The SMILES string of the molecule is COCCC1(NC(=O)Nc2cccc(C)c2)CCN(C(=O)c2cccc(C)n2)C1. The van der Waals surface area contributed by atoms with Crippen LogP contribution in [-0.4, -0.2) is 54.2 Å². The van der Waals surface area contributed by atoms with Crippen LogP contribution >= 0.6 is 0 Å². The highest BCUT2D eigenvalue weighted by Crippen LogP contribution is 2.26. The summed E-state index contributed by atoms with van der Waals surface area (Å²) in [6.45, 7) is 5.31. The maximum absolute atomic E-state index is 12.9. The van der Waals surface area contributed by atoms with Crippen LogP contribution in [0, 0.1) is 13.8 Å². The molecule has 3 amide bonds. The molecule has 2 aromatic rings. The fourth-order valence-corrected chi connectivity index (χ4v) is 3.66. The number of urea groups is 1. The third-order valence-corrected chi connectivity index (χ3v) is 5.19. The standard InChI is InChI=1S/C22H28N4O3/c1-16-6-4-8-18(14-16)24-21(28)25-22(11-13-29-3)10-12-26(15-22)20(27)19-9-5-7-17(2)23-19/h4-9,14H,10-13,15H2,1-3H3,(H2,24,25,28). The lowest BCUT2D eigenvalue weighted by Gasteiger charge is -2.30. The molecule has 1 aliphatic heterocycles. The molecule has 0 radical (unpaired) electrons. The van der Waals surface area contributed by atoms with Crippen LogP contribution in [0.3, 0.4) is 0 Å². The van der Waals surface area contributed by atoms with Crippen molar-refractivity contribution in [1.82, 2.24) is 15.2 Å². The van der Waals surface area contributed by atoms with Crippen molar-refractivity contribution in [3.05, 3.63) is 59.4 Å². The highest BCUT2D eigenvalue weighted by molar-refractivity contribution is 5.93. The molecule has 7 nitrogen and oxygen atoms in total. The number of nitrogens with one attached hydrogen (secondary N) is 2. The number of hydrogen-bond acceptors (Lipinski definition) is 4. The van der Waals surface area contributed by atoms with Crippen LogP contribution in [0.4, 0.5) is 10.5 Å². The van der Waals surface area contributed by atoms with Gasteiger partial charge in [-0.2, -0.15) is 0 Å². The number of rotatable bonds is 6. The molecule has 1 atom stereocenters. The summed E-state index contributed by atoms with van der Waals surface area (Å²) < 4.78 is 5.25. The zero-order valence-electron chi connectivity index (χ0n) is 17.2. The maximum Gasteiger partial charge on any atom is 0.319 e. The first kappa shape index (κ1) is 20.8. The van der Waals surface area contributed by atoms with E-state index in [2.05, 4.69) is 15.6 Å².